The molecule has 3 nitrogen and oxygen atoms in total. The summed E-state index contributed by atoms with van der Waals surface area (Å²) in [6.45, 7) is 25.2. The van der Waals surface area contributed by atoms with E-state index in [1.54, 1.807) is 0 Å². The predicted octanol–water partition coefficient (Wildman–Crippen LogP) is 10.2. The minimum atomic E-state index is -0.380. The number of phenolic OH excluding ortho intramolecular Hbond substituents is 2. The summed E-state index contributed by atoms with van der Waals surface area (Å²) in [6.07, 6.45) is 7.36. The van der Waals surface area contributed by atoms with Gasteiger partial charge in [-0.1, -0.05) is 102 Å². The van der Waals surface area contributed by atoms with Crippen LogP contribution >= 0.6 is 0 Å². The van der Waals surface area contributed by atoms with Crippen molar-refractivity contribution in [3.63, 3.8) is 0 Å². The first-order valence-corrected chi connectivity index (χ1v) is 14.8. The van der Waals surface area contributed by atoms with Crippen LogP contribution in [-0.4, -0.2) is 15.3 Å². The SMILES string of the molecule is CC=CC(=CC(C)=CO)C(C)(C)c1cc(C(C)(C)c2cc(C)c(O)c(C)c2)cc(C(C)(C)c2cc(C)c(O)c(C)c2)c1. The molecular formula is C39H50O3. The van der Waals surface area contributed by atoms with E-state index >= 15 is 0 Å². The maximum Gasteiger partial charge on any atom is 0.121 e. The highest BCUT2D eigenvalue weighted by atomic mass is 16.3. The standard InChI is InChI=1S/C39H50O3/c1-13-14-29(15-24(2)23-40)37(7,8)32-20-33(38(9,10)30-16-25(3)35(41)26(4)17-30)22-34(21-32)39(11,12)31-18-27(5)36(42)28(6)19-31/h13-23,40-42H,1-12H3. The number of aliphatic hydroxyl groups excluding tert-OH is 1. The average molecular weight is 567 g/mol. The van der Waals surface area contributed by atoms with Crippen LogP contribution in [0.3, 0.4) is 0 Å². The minimum Gasteiger partial charge on any atom is -0.515 e. The van der Waals surface area contributed by atoms with Gasteiger partial charge in [0.05, 0.1) is 6.26 Å². The molecule has 3 N–H and O–H groups in total. The van der Waals surface area contributed by atoms with Gasteiger partial charge >= 0.3 is 0 Å². The molecular weight excluding hydrogens is 516 g/mol. The quantitative estimate of drug-likeness (QED) is 0.188. The second kappa shape index (κ2) is 11.9. The van der Waals surface area contributed by atoms with Crippen LogP contribution in [0.15, 0.2) is 78.1 Å². The van der Waals surface area contributed by atoms with Crippen molar-refractivity contribution < 1.29 is 15.3 Å². The summed E-state index contributed by atoms with van der Waals surface area (Å²) in [5, 5.41) is 30.7. The van der Waals surface area contributed by atoms with Crippen molar-refractivity contribution in [2.45, 2.75) is 99.3 Å². The summed E-state index contributed by atoms with van der Waals surface area (Å²) in [7, 11) is 0. The molecule has 3 aromatic rings. The van der Waals surface area contributed by atoms with Crippen LogP contribution in [0.1, 0.15) is 105 Å². The average Bonchev–Trinajstić information content (AvgIpc) is 2.93. The van der Waals surface area contributed by atoms with Gasteiger partial charge in [-0.05, 0) is 103 Å². The molecule has 3 rings (SSSR count). The summed E-state index contributed by atoms with van der Waals surface area (Å²) >= 11 is 0. The van der Waals surface area contributed by atoms with E-state index in [0.717, 1.165) is 50.8 Å². The third kappa shape index (κ3) is 6.21. The van der Waals surface area contributed by atoms with Gasteiger partial charge in [0.1, 0.15) is 11.5 Å². The van der Waals surface area contributed by atoms with Gasteiger partial charge in [0.15, 0.2) is 0 Å². The lowest BCUT2D eigenvalue weighted by Crippen LogP contribution is -2.27. The maximum atomic E-state index is 10.5. The van der Waals surface area contributed by atoms with Crippen molar-refractivity contribution in [3.05, 3.63) is 128 Å². The van der Waals surface area contributed by atoms with Crippen molar-refractivity contribution in [3.8, 4) is 11.5 Å². The summed E-state index contributed by atoms with van der Waals surface area (Å²) < 4.78 is 0. The molecule has 0 bridgehead atoms. The zero-order valence-electron chi connectivity index (χ0n) is 27.7. The van der Waals surface area contributed by atoms with E-state index in [4.69, 9.17) is 0 Å². The highest BCUT2D eigenvalue weighted by Crippen LogP contribution is 2.44. The lowest BCUT2D eigenvalue weighted by Gasteiger charge is -2.36. The van der Waals surface area contributed by atoms with Crippen LogP contribution in [0.5, 0.6) is 11.5 Å². The fourth-order valence-corrected chi connectivity index (χ4v) is 5.74. The highest BCUT2D eigenvalue weighted by Gasteiger charge is 2.33. The Balaban J connectivity index is 2.41. The number of phenols is 2. The van der Waals surface area contributed by atoms with Gasteiger partial charge in [0, 0.05) is 16.2 Å². The van der Waals surface area contributed by atoms with E-state index < -0.39 is 0 Å². The monoisotopic (exact) mass is 566 g/mol. The van der Waals surface area contributed by atoms with Gasteiger partial charge in [-0.2, -0.15) is 0 Å². The molecule has 0 aliphatic carbocycles. The van der Waals surface area contributed by atoms with Crippen molar-refractivity contribution in [2.75, 3.05) is 0 Å². The van der Waals surface area contributed by atoms with Crippen LogP contribution in [0, 0.1) is 27.7 Å². The topological polar surface area (TPSA) is 60.7 Å². The lowest BCUT2D eigenvalue weighted by atomic mass is 9.68. The van der Waals surface area contributed by atoms with Crippen molar-refractivity contribution in [2.24, 2.45) is 0 Å². The Labute approximate surface area is 254 Å². The Kier molecular flexibility index (Phi) is 9.27. The Morgan fingerprint density at radius 3 is 1.26 bits per heavy atom. The van der Waals surface area contributed by atoms with Gasteiger partial charge in [-0.15, -0.1) is 0 Å². The molecule has 0 spiro atoms. The summed E-state index contributed by atoms with van der Waals surface area (Å²) in [5.74, 6) is 0.690. The zero-order valence-corrected chi connectivity index (χ0v) is 27.7. The van der Waals surface area contributed by atoms with Gasteiger partial charge in [-0.25, -0.2) is 0 Å². The Morgan fingerprint density at radius 1 is 0.595 bits per heavy atom. The molecule has 0 fully saturated rings. The largest absolute Gasteiger partial charge is 0.515 e. The van der Waals surface area contributed by atoms with Gasteiger partial charge < -0.3 is 15.3 Å². The second-order valence-corrected chi connectivity index (χ2v) is 13.6. The summed E-state index contributed by atoms with van der Waals surface area (Å²) in [5.41, 5.74) is 10.1. The number of aliphatic hydroxyl groups is 1. The van der Waals surface area contributed by atoms with E-state index in [0.29, 0.717) is 11.5 Å². The van der Waals surface area contributed by atoms with Crippen LogP contribution in [0.25, 0.3) is 0 Å². The molecule has 224 valence electrons. The molecule has 3 aromatic carbocycles. The van der Waals surface area contributed by atoms with Crippen molar-refractivity contribution in [1.82, 2.24) is 0 Å². The number of aryl methyl sites for hydroxylation is 4. The molecule has 0 heterocycles. The molecule has 42 heavy (non-hydrogen) atoms. The van der Waals surface area contributed by atoms with Crippen molar-refractivity contribution >= 4 is 0 Å². The van der Waals surface area contributed by atoms with E-state index in [1.807, 2.05) is 53.7 Å². The molecule has 0 saturated heterocycles. The van der Waals surface area contributed by atoms with Gasteiger partial charge in [0.25, 0.3) is 0 Å². The molecule has 0 saturated carbocycles. The molecule has 0 aliphatic heterocycles. The lowest BCUT2D eigenvalue weighted by molar-refractivity contribution is 0.465. The third-order valence-corrected chi connectivity index (χ3v) is 9.18. The number of rotatable bonds is 8. The molecule has 0 aliphatic rings. The Hall–Kier alpha value is -3.72. The Morgan fingerprint density at radius 2 is 0.929 bits per heavy atom. The normalized spacial score (nSPS) is 13.7. The molecule has 0 aromatic heterocycles. The Bertz CT molecular complexity index is 1440. The molecule has 0 unspecified atom stereocenters. The van der Waals surface area contributed by atoms with E-state index in [2.05, 4.69) is 90.1 Å². The fourth-order valence-electron chi connectivity index (χ4n) is 5.74. The van der Waals surface area contributed by atoms with Crippen LogP contribution < -0.4 is 0 Å². The number of hydrogen-bond donors (Lipinski definition) is 3. The van der Waals surface area contributed by atoms with E-state index in [1.165, 1.54) is 16.7 Å². The first-order valence-electron chi connectivity index (χ1n) is 14.8. The molecule has 3 heteroatoms. The predicted molar refractivity (Wildman–Crippen MR) is 178 cm³/mol. The summed E-state index contributed by atoms with van der Waals surface area (Å²) in [6, 6.07) is 15.3. The molecule has 0 atom stereocenters. The number of aromatic hydroxyl groups is 2. The van der Waals surface area contributed by atoms with Crippen LogP contribution in [0.2, 0.25) is 0 Å². The van der Waals surface area contributed by atoms with E-state index in [-0.39, 0.29) is 16.2 Å². The van der Waals surface area contributed by atoms with Crippen LogP contribution in [-0.2, 0) is 16.2 Å². The summed E-state index contributed by atoms with van der Waals surface area (Å²) in [4.78, 5) is 0. The minimum absolute atomic E-state index is 0.345. The third-order valence-electron chi connectivity index (χ3n) is 9.18. The van der Waals surface area contributed by atoms with Crippen LogP contribution in [0.4, 0.5) is 0 Å². The number of benzene rings is 3. The number of hydrogen-bond acceptors (Lipinski definition) is 3. The van der Waals surface area contributed by atoms with Gasteiger partial charge in [-0.3, -0.25) is 0 Å². The van der Waals surface area contributed by atoms with Crippen molar-refractivity contribution in [1.29, 1.82) is 0 Å². The maximum absolute atomic E-state index is 10.5. The molecule has 0 amide bonds. The first-order chi connectivity index (χ1) is 19.4. The highest BCUT2D eigenvalue weighted by molar-refractivity contribution is 5.55. The van der Waals surface area contributed by atoms with Gasteiger partial charge in [0.2, 0.25) is 0 Å². The zero-order chi connectivity index (χ0) is 31.8. The second-order valence-electron chi connectivity index (χ2n) is 13.6. The smallest absolute Gasteiger partial charge is 0.121 e. The molecule has 0 radical (unpaired) electrons. The fraction of sp³-hybridized carbons (Fsp3) is 0.385. The number of allylic oxidation sites excluding steroid dienone is 5. The van der Waals surface area contributed by atoms with E-state index in [9.17, 15) is 15.3 Å². The first kappa shape index (κ1) is 32.8.